The van der Waals surface area contributed by atoms with Crippen LogP contribution in [-0.2, 0) is 11.2 Å². The van der Waals surface area contributed by atoms with E-state index >= 15 is 0 Å². The SMILES string of the molecule is CCc1c(N)ccc2c1NC(=O)CO2. The van der Waals surface area contributed by atoms with Crippen LogP contribution in [0.4, 0.5) is 11.4 Å². The molecular formula is C10H12N2O2. The van der Waals surface area contributed by atoms with Gasteiger partial charge in [0.15, 0.2) is 6.61 Å². The topological polar surface area (TPSA) is 64.3 Å². The van der Waals surface area contributed by atoms with Crippen molar-refractivity contribution in [1.29, 1.82) is 0 Å². The van der Waals surface area contributed by atoms with E-state index in [1.807, 2.05) is 6.92 Å². The van der Waals surface area contributed by atoms with Gasteiger partial charge in [0.1, 0.15) is 5.75 Å². The predicted molar refractivity (Wildman–Crippen MR) is 54.4 cm³/mol. The first-order chi connectivity index (χ1) is 6.72. The van der Waals surface area contributed by atoms with E-state index in [1.165, 1.54) is 0 Å². The average molecular weight is 192 g/mol. The molecule has 1 amide bonds. The Kier molecular flexibility index (Phi) is 2.04. The number of nitrogen functional groups attached to an aromatic ring is 1. The summed E-state index contributed by atoms with van der Waals surface area (Å²) in [5.74, 6) is 0.577. The lowest BCUT2D eigenvalue weighted by molar-refractivity contribution is -0.118. The van der Waals surface area contributed by atoms with Crippen LogP contribution in [0.5, 0.6) is 5.75 Å². The molecule has 3 N–H and O–H groups in total. The van der Waals surface area contributed by atoms with Gasteiger partial charge in [0, 0.05) is 11.3 Å². The second-order valence-corrected chi connectivity index (χ2v) is 3.20. The third-order valence-electron chi connectivity index (χ3n) is 2.29. The molecule has 1 aliphatic heterocycles. The molecule has 0 aromatic heterocycles. The number of amides is 1. The van der Waals surface area contributed by atoms with Crippen LogP contribution in [0.1, 0.15) is 12.5 Å². The number of carbonyl (C=O) groups excluding carboxylic acids is 1. The molecule has 1 aromatic carbocycles. The second kappa shape index (κ2) is 3.21. The zero-order valence-electron chi connectivity index (χ0n) is 7.96. The summed E-state index contributed by atoms with van der Waals surface area (Å²) in [4.78, 5) is 11.1. The average Bonchev–Trinajstić information content (AvgIpc) is 2.17. The minimum absolute atomic E-state index is 0.0834. The first-order valence-electron chi connectivity index (χ1n) is 4.56. The number of ether oxygens (including phenoxy) is 1. The van der Waals surface area contributed by atoms with E-state index in [-0.39, 0.29) is 12.5 Å². The van der Waals surface area contributed by atoms with Gasteiger partial charge in [-0.3, -0.25) is 4.79 Å². The zero-order valence-corrected chi connectivity index (χ0v) is 7.96. The molecule has 0 aliphatic carbocycles. The molecule has 0 unspecified atom stereocenters. The molecule has 4 nitrogen and oxygen atoms in total. The largest absolute Gasteiger partial charge is 0.482 e. The summed E-state index contributed by atoms with van der Waals surface area (Å²) in [6.07, 6.45) is 0.776. The van der Waals surface area contributed by atoms with Crippen LogP contribution in [0.2, 0.25) is 0 Å². The fraction of sp³-hybridized carbons (Fsp3) is 0.300. The van der Waals surface area contributed by atoms with Crippen molar-refractivity contribution >= 4 is 17.3 Å². The third-order valence-corrected chi connectivity index (χ3v) is 2.29. The number of nitrogens with two attached hydrogens (primary N) is 1. The monoisotopic (exact) mass is 192 g/mol. The molecule has 0 bridgehead atoms. The van der Waals surface area contributed by atoms with Crippen molar-refractivity contribution in [2.75, 3.05) is 17.7 Å². The van der Waals surface area contributed by atoms with E-state index in [1.54, 1.807) is 12.1 Å². The van der Waals surface area contributed by atoms with Gasteiger partial charge in [0.05, 0.1) is 5.69 Å². The van der Waals surface area contributed by atoms with Crippen LogP contribution >= 0.6 is 0 Å². The lowest BCUT2D eigenvalue weighted by Gasteiger charge is -2.21. The number of hydrogen-bond donors (Lipinski definition) is 2. The van der Waals surface area contributed by atoms with Crippen LogP contribution in [0.25, 0.3) is 0 Å². The number of rotatable bonds is 1. The Morgan fingerprint density at radius 1 is 1.57 bits per heavy atom. The van der Waals surface area contributed by atoms with Crippen molar-refractivity contribution in [2.45, 2.75) is 13.3 Å². The van der Waals surface area contributed by atoms with E-state index in [2.05, 4.69) is 5.32 Å². The molecule has 1 heterocycles. The first kappa shape index (κ1) is 8.87. The summed E-state index contributed by atoms with van der Waals surface area (Å²) in [6.45, 7) is 2.08. The van der Waals surface area contributed by atoms with Crippen molar-refractivity contribution in [2.24, 2.45) is 0 Å². The number of hydrogen-bond acceptors (Lipinski definition) is 3. The van der Waals surface area contributed by atoms with Crippen molar-refractivity contribution in [1.82, 2.24) is 0 Å². The van der Waals surface area contributed by atoms with Gasteiger partial charge in [-0.1, -0.05) is 6.92 Å². The van der Waals surface area contributed by atoms with Crippen LogP contribution in [0.3, 0.4) is 0 Å². The maximum Gasteiger partial charge on any atom is 0.262 e. The maximum atomic E-state index is 11.1. The Balaban J connectivity index is 2.54. The molecule has 14 heavy (non-hydrogen) atoms. The minimum atomic E-state index is -0.127. The highest BCUT2D eigenvalue weighted by molar-refractivity contribution is 5.97. The summed E-state index contributed by atoms with van der Waals surface area (Å²) >= 11 is 0. The lowest BCUT2D eigenvalue weighted by atomic mass is 10.1. The van der Waals surface area contributed by atoms with Gasteiger partial charge in [0.2, 0.25) is 0 Å². The van der Waals surface area contributed by atoms with Crippen molar-refractivity contribution in [3.63, 3.8) is 0 Å². The summed E-state index contributed by atoms with van der Waals surface area (Å²) in [7, 11) is 0. The quantitative estimate of drug-likeness (QED) is 0.656. The van der Waals surface area contributed by atoms with Crippen LogP contribution in [0, 0.1) is 0 Å². The Labute approximate surface area is 82.1 Å². The number of carbonyl (C=O) groups is 1. The van der Waals surface area contributed by atoms with Gasteiger partial charge < -0.3 is 15.8 Å². The van der Waals surface area contributed by atoms with Gasteiger partial charge >= 0.3 is 0 Å². The van der Waals surface area contributed by atoms with E-state index in [0.717, 1.165) is 17.7 Å². The van der Waals surface area contributed by atoms with Gasteiger partial charge in [-0.25, -0.2) is 0 Å². The van der Waals surface area contributed by atoms with Gasteiger partial charge in [-0.2, -0.15) is 0 Å². The van der Waals surface area contributed by atoms with Crippen LogP contribution < -0.4 is 15.8 Å². The molecule has 0 spiro atoms. The van der Waals surface area contributed by atoms with Crippen LogP contribution in [-0.4, -0.2) is 12.5 Å². The van der Waals surface area contributed by atoms with Crippen molar-refractivity contribution < 1.29 is 9.53 Å². The smallest absolute Gasteiger partial charge is 0.262 e. The van der Waals surface area contributed by atoms with Crippen molar-refractivity contribution in [3.8, 4) is 5.75 Å². The zero-order chi connectivity index (χ0) is 10.1. The van der Waals surface area contributed by atoms with E-state index in [9.17, 15) is 4.79 Å². The normalized spacial score (nSPS) is 14.2. The molecule has 0 fully saturated rings. The Bertz CT molecular complexity index is 388. The minimum Gasteiger partial charge on any atom is -0.482 e. The number of fused-ring (bicyclic) bond motifs is 1. The van der Waals surface area contributed by atoms with Gasteiger partial charge in [-0.05, 0) is 18.6 Å². The molecule has 74 valence electrons. The van der Waals surface area contributed by atoms with Gasteiger partial charge in [-0.15, -0.1) is 0 Å². The molecule has 1 aromatic rings. The molecule has 4 heteroatoms. The fourth-order valence-corrected chi connectivity index (χ4v) is 1.60. The van der Waals surface area contributed by atoms with Crippen LogP contribution in [0.15, 0.2) is 12.1 Å². The maximum absolute atomic E-state index is 11.1. The summed E-state index contributed by atoms with van der Waals surface area (Å²) in [5, 5.41) is 2.78. The molecule has 0 atom stereocenters. The summed E-state index contributed by atoms with van der Waals surface area (Å²) in [6, 6.07) is 3.58. The molecule has 0 radical (unpaired) electrons. The van der Waals surface area contributed by atoms with E-state index in [0.29, 0.717) is 11.4 Å². The molecular weight excluding hydrogens is 180 g/mol. The lowest BCUT2D eigenvalue weighted by Crippen LogP contribution is -2.26. The summed E-state index contributed by atoms with van der Waals surface area (Å²) in [5.41, 5.74) is 8.15. The van der Waals surface area contributed by atoms with Crippen molar-refractivity contribution in [3.05, 3.63) is 17.7 Å². The highest BCUT2D eigenvalue weighted by atomic mass is 16.5. The molecule has 1 aliphatic rings. The Hall–Kier alpha value is -1.71. The van der Waals surface area contributed by atoms with E-state index in [4.69, 9.17) is 10.5 Å². The molecule has 2 rings (SSSR count). The first-order valence-corrected chi connectivity index (χ1v) is 4.56. The third kappa shape index (κ3) is 1.28. The number of benzene rings is 1. The fourth-order valence-electron chi connectivity index (χ4n) is 1.60. The second-order valence-electron chi connectivity index (χ2n) is 3.20. The number of anilines is 2. The Morgan fingerprint density at radius 3 is 3.07 bits per heavy atom. The van der Waals surface area contributed by atoms with E-state index < -0.39 is 0 Å². The molecule has 0 saturated heterocycles. The predicted octanol–water partition coefficient (Wildman–Crippen LogP) is 1.16. The highest BCUT2D eigenvalue weighted by Gasteiger charge is 2.19. The van der Waals surface area contributed by atoms with Gasteiger partial charge in [0.25, 0.3) is 5.91 Å². The summed E-state index contributed by atoms with van der Waals surface area (Å²) < 4.78 is 5.27. The number of nitrogens with one attached hydrogen (secondary N) is 1. The standard InChI is InChI=1S/C10H12N2O2/c1-2-6-7(11)3-4-8-10(6)12-9(13)5-14-8/h3-4H,2,5,11H2,1H3,(H,12,13). The molecule has 0 saturated carbocycles. The Morgan fingerprint density at radius 2 is 2.36 bits per heavy atom. The highest BCUT2D eigenvalue weighted by Crippen LogP contribution is 2.34.